The van der Waals surface area contributed by atoms with E-state index in [2.05, 4.69) is 0 Å². The Hall–Kier alpha value is -1.87. The number of halogens is 1. The molecule has 0 spiro atoms. The average Bonchev–Trinajstić information content (AvgIpc) is 2.54. The van der Waals surface area contributed by atoms with Gasteiger partial charge in [0.1, 0.15) is 5.75 Å². The maximum atomic E-state index is 6.08. The van der Waals surface area contributed by atoms with Crippen LogP contribution < -0.4 is 14.2 Å². The molecule has 0 heterocycles. The summed E-state index contributed by atoms with van der Waals surface area (Å²) in [5.41, 5.74) is 2.14. The Morgan fingerprint density at radius 1 is 0.818 bits per heavy atom. The number of rotatable bonds is 7. The van der Waals surface area contributed by atoms with E-state index >= 15 is 0 Å². The smallest absolute Gasteiger partial charge is 0.161 e. The van der Waals surface area contributed by atoms with Gasteiger partial charge in [0.05, 0.1) is 20.3 Å². The number of methoxy groups -OCH3 is 1. The number of ether oxygens (including phenoxy) is 3. The molecule has 0 N–H and O–H groups in total. The van der Waals surface area contributed by atoms with Gasteiger partial charge in [0.15, 0.2) is 11.5 Å². The van der Waals surface area contributed by atoms with Crippen LogP contribution in [0.1, 0.15) is 17.5 Å². The Kier molecular flexibility index (Phi) is 5.96. The van der Waals surface area contributed by atoms with E-state index in [1.165, 1.54) is 0 Å². The molecule has 0 aliphatic rings. The Labute approximate surface area is 136 Å². The van der Waals surface area contributed by atoms with Crippen molar-refractivity contribution in [2.24, 2.45) is 0 Å². The second-order valence-corrected chi connectivity index (χ2v) is 5.40. The molecule has 0 aliphatic carbocycles. The van der Waals surface area contributed by atoms with Gasteiger partial charge in [-0.2, -0.15) is 0 Å². The Morgan fingerprint density at radius 3 is 2.14 bits per heavy atom. The summed E-state index contributed by atoms with van der Waals surface area (Å²) in [5, 5.41) is 0.768. The van der Waals surface area contributed by atoms with Gasteiger partial charge < -0.3 is 14.2 Å². The lowest BCUT2D eigenvalue weighted by Crippen LogP contribution is -2.06. The summed E-state index contributed by atoms with van der Waals surface area (Å²) in [4.78, 5) is 0. The zero-order chi connectivity index (χ0) is 15.9. The highest BCUT2D eigenvalue weighted by atomic mass is 35.5. The molecule has 0 atom stereocenters. The second-order valence-electron chi connectivity index (χ2n) is 5.00. The maximum Gasteiger partial charge on any atom is 0.161 e. The summed E-state index contributed by atoms with van der Waals surface area (Å²) in [6.07, 6.45) is 0.791. The predicted molar refractivity (Wildman–Crippen MR) is 89.5 cm³/mol. The fourth-order valence-electron chi connectivity index (χ4n) is 2.08. The SMILES string of the molecule is COc1ccccc1OCCCOc1ccc(Cl)c(C)c1C. The molecule has 3 nitrogen and oxygen atoms in total. The van der Waals surface area contributed by atoms with Crippen LogP contribution in [0.25, 0.3) is 0 Å². The Morgan fingerprint density at radius 2 is 1.45 bits per heavy atom. The van der Waals surface area contributed by atoms with E-state index in [9.17, 15) is 0 Å². The van der Waals surface area contributed by atoms with Gasteiger partial charge in [-0.05, 0) is 49.2 Å². The van der Waals surface area contributed by atoms with E-state index in [1.54, 1.807) is 7.11 Å². The summed E-state index contributed by atoms with van der Waals surface area (Å²) < 4.78 is 16.8. The molecular weight excluding hydrogens is 300 g/mol. The van der Waals surface area contributed by atoms with Crippen molar-refractivity contribution < 1.29 is 14.2 Å². The normalized spacial score (nSPS) is 10.4. The van der Waals surface area contributed by atoms with E-state index < -0.39 is 0 Å². The lowest BCUT2D eigenvalue weighted by molar-refractivity contribution is 0.239. The standard InChI is InChI=1S/C18H21ClO3/c1-13-14(2)16(10-9-15(13)19)21-11-6-12-22-18-8-5-4-7-17(18)20-3/h4-5,7-10H,6,11-12H2,1-3H3. The van der Waals surface area contributed by atoms with E-state index in [-0.39, 0.29) is 0 Å². The predicted octanol–water partition coefficient (Wildman–Crippen LogP) is 4.81. The average molecular weight is 321 g/mol. The van der Waals surface area contributed by atoms with Gasteiger partial charge in [-0.1, -0.05) is 23.7 Å². The van der Waals surface area contributed by atoms with Crippen molar-refractivity contribution in [3.8, 4) is 17.2 Å². The first kappa shape index (κ1) is 16.5. The lowest BCUT2D eigenvalue weighted by atomic mass is 10.1. The van der Waals surface area contributed by atoms with Gasteiger partial charge in [-0.3, -0.25) is 0 Å². The summed E-state index contributed by atoms with van der Waals surface area (Å²) in [7, 11) is 1.64. The first-order valence-electron chi connectivity index (χ1n) is 7.27. The molecule has 0 saturated carbocycles. The molecule has 2 rings (SSSR count). The number of hydrogen-bond acceptors (Lipinski definition) is 3. The third-order valence-corrected chi connectivity index (χ3v) is 3.95. The molecule has 2 aromatic carbocycles. The van der Waals surface area contributed by atoms with Gasteiger partial charge >= 0.3 is 0 Å². The fraction of sp³-hybridized carbons (Fsp3) is 0.333. The van der Waals surface area contributed by atoms with Crippen LogP contribution in [-0.2, 0) is 0 Å². The summed E-state index contributed by atoms with van der Waals surface area (Å²) in [6, 6.07) is 11.4. The van der Waals surface area contributed by atoms with Crippen LogP contribution in [0, 0.1) is 13.8 Å². The molecular formula is C18H21ClO3. The largest absolute Gasteiger partial charge is 0.493 e. The molecule has 0 aromatic heterocycles. The van der Waals surface area contributed by atoms with Crippen LogP contribution in [0.2, 0.25) is 5.02 Å². The van der Waals surface area contributed by atoms with Crippen LogP contribution in [0.15, 0.2) is 36.4 Å². The Bertz CT molecular complexity index is 626. The number of benzene rings is 2. The highest BCUT2D eigenvalue weighted by Crippen LogP contribution is 2.28. The molecule has 0 bridgehead atoms. The van der Waals surface area contributed by atoms with Crippen molar-refractivity contribution in [1.29, 1.82) is 0 Å². The van der Waals surface area contributed by atoms with Gasteiger partial charge in [-0.25, -0.2) is 0 Å². The summed E-state index contributed by atoms with van der Waals surface area (Å²) >= 11 is 6.08. The monoisotopic (exact) mass is 320 g/mol. The molecule has 4 heteroatoms. The molecule has 2 aromatic rings. The van der Waals surface area contributed by atoms with E-state index in [0.29, 0.717) is 13.2 Å². The van der Waals surface area contributed by atoms with Gasteiger partial charge in [0, 0.05) is 11.4 Å². The molecule has 118 valence electrons. The molecule has 0 aliphatic heterocycles. The second kappa shape index (κ2) is 7.95. The molecule has 0 radical (unpaired) electrons. The molecule has 0 saturated heterocycles. The van der Waals surface area contributed by atoms with Crippen molar-refractivity contribution in [2.45, 2.75) is 20.3 Å². The Balaban J connectivity index is 1.79. The molecule has 22 heavy (non-hydrogen) atoms. The van der Waals surface area contributed by atoms with Crippen molar-refractivity contribution in [3.05, 3.63) is 52.5 Å². The zero-order valence-corrected chi connectivity index (χ0v) is 13.9. The topological polar surface area (TPSA) is 27.7 Å². The minimum Gasteiger partial charge on any atom is -0.493 e. The number of para-hydroxylation sites is 2. The highest BCUT2D eigenvalue weighted by Gasteiger charge is 2.06. The van der Waals surface area contributed by atoms with Gasteiger partial charge in [0.25, 0.3) is 0 Å². The van der Waals surface area contributed by atoms with Gasteiger partial charge in [-0.15, -0.1) is 0 Å². The molecule has 0 unspecified atom stereocenters. The van der Waals surface area contributed by atoms with Gasteiger partial charge in [0.2, 0.25) is 0 Å². The van der Waals surface area contributed by atoms with E-state index in [1.807, 2.05) is 50.2 Å². The van der Waals surface area contributed by atoms with Crippen molar-refractivity contribution >= 4 is 11.6 Å². The highest BCUT2D eigenvalue weighted by molar-refractivity contribution is 6.31. The lowest BCUT2D eigenvalue weighted by Gasteiger charge is -2.13. The minimum absolute atomic E-state index is 0.575. The third kappa shape index (κ3) is 4.08. The van der Waals surface area contributed by atoms with Crippen molar-refractivity contribution in [3.63, 3.8) is 0 Å². The van der Waals surface area contributed by atoms with Crippen molar-refractivity contribution in [2.75, 3.05) is 20.3 Å². The van der Waals surface area contributed by atoms with E-state index in [0.717, 1.165) is 39.8 Å². The quantitative estimate of drug-likeness (QED) is 0.685. The third-order valence-electron chi connectivity index (χ3n) is 3.54. The first-order chi connectivity index (χ1) is 10.6. The minimum atomic E-state index is 0.575. The van der Waals surface area contributed by atoms with Crippen LogP contribution in [-0.4, -0.2) is 20.3 Å². The summed E-state index contributed by atoms with van der Waals surface area (Å²) in [6.45, 7) is 5.18. The molecule has 0 amide bonds. The summed E-state index contributed by atoms with van der Waals surface area (Å²) in [5.74, 6) is 2.37. The van der Waals surface area contributed by atoms with E-state index in [4.69, 9.17) is 25.8 Å². The van der Waals surface area contributed by atoms with Crippen LogP contribution in [0.3, 0.4) is 0 Å². The molecule has 0 fully saturated rings. The first-order valence-corrected chi connectivity index (χ1v) is 7.65. The van der Waals surface area contributed by atoms with Crippen LogP contribution in [0.5, 0.6) is 17.2 Å². The maximum absolute atomic E-state index is 6.08. The van der Waals surface area contributed by atoms with Crippen LogP contribution >= 0.6 is 11.6 Å². The number of hydrogen-bond donors (Lipinski definition) is 0. The van der Waals surface area contributed by atoms with Crippen molar-refractivity contribution in [1.82, 2.24) is 0 Å². The zero-order valence-electron chi connectivity index (χ0n) is 13.2. The fourth-order valence-corrected chi connectivity index (χ4v) is 2.29. The van der Waals surface area contributed by atoms with Crippen LogP contribution in [0.4, 0.5) is 0 Å².